The number of halogens is 3. The monoisotopic (exact) mass is 272 g/mol. The molecule has 1 atom stereocenters. The van der Waals surface area contributed by atoms with E-state index in [1.54, 1.807) is 6.07 Å². The average molecular weight is 272 g/mol. The molecule has 1 rings (SSSR count). The second-order valence-corrected chi connectivity index (χ2v) is 3.76. The van der Waals surface area contributed by atoms with Crippen LogP contribution in [0.2, 0.25) is 0 Å². The average Bonchev–Trinajstić information content (AvgIpc) is 2.36. The van der Waals surface area contributed by atoms with Gasteiger partial charge in [-0.05, 0) is 25.1 Å². The zero-order valence-electron chi connectivity index (χ0n) is 10.2. The van der Waals surface area contributed by atoms with Gasteiger partial charge in [0, 0.05) is 0 Å². The third-order valence-corrected chi connectivity index (χ3v) is 2.39. The number of alkyl halides is 3. The maximum absolute atomic E-state index is 12.5. The highest BCUT2D eigenvalue weighted by Gasteiger charge is 2.31. The lowest BCUT2D eigenvalue weighted by Gasteiger charge is -2.15. The van der Waals surface area contributed by atoms with E-state index in [1.165, 1.54) is 14.0 Å². The van der Waals surface area contributed by atoms with Gasteiger partial charge in [0.2, 0.25) is 0 Å². The zero-order valence-corrected chi connectivity index (χ0v) is 10.2. The molecule has 1 unspecified atom stereocenters. The van der Waals surface area contributed by atoms with Crippen LogP contribution in [0.1, 0.15) is 18.1 Å². The lowest BCUT2D eigenvalue weighted by molar-refractivity contribution is -0.141. The summed E-state index contributed by atoms with van der Waals surface area (Å²) in [6.45, 7) is 1.48. The summed E-state index contributed by atoms with van der Waals surface area (Å²) < 4.78 is 41.9. The van der Waals surface area contributed by atoms with E-state index in [0.717, 1.165) is 18.2 Å². The molecule has 0 aliphatic carbocycles. The number of methoxy groups -OCH3 is 1. The minimum atomic E-state index is -4.52. The molecule has 0 fully saturated rings. The Labute approximate surface area is 107 Å². The Hall–Kier alpha value is -2.23. The fraction of sp³-hybridized carbons (Fsp3) is 0.333. The van der Waals surface area contributed by atoms with Crippen molar-refractivity contribution >= 4 is 11.7 Å². The van der Waals surface area contributed by atoms with Crippen molar-refractivity contribution in [3.8, 4) is 6.07 Å². The SMILES string of the molecule is COC(=O)C(C)Nc1ccc(C(F)(F)F)cc1C#N. The lowest BCUT2D eigenvalue weighted by atomic mass is 10.1. The van der Waals surface area contributed by atoms with Crippen molar-refractivity contribution in [1.82, 2.24) is 0 Å². The summed E-state index contributed by atoms with van der Waals surface area (Å²) in [6, 6.07) is 3.57. The second kappa shape index (κ2) is 5.61. The van der Waals surface area contributed by atoms with Crippen LogP contribution in [-0.4, -0.2) is 19.1 Å². The molecule has 0 radical (unpaired) electrons. The molecule has 0 aromatic heterocycles. The van der Waals surface area contributed by atoms with Crippen LogP contribution >= 0.6 is 0 Å². The molecule has 7 heteroatoms. The number of benzene rings is 1. The molecule has 0 saturated carbocycles. The molecule has 0 bridgehead atoms. The van der Waals surface area contributed by atoms with Gasteiger partial charge in [0.1, 0.15) is 12.1 Å². The highest BCUT2D eigenvalue weighted by molar-refractivity contribution is 5.79. The summed E-state index contributed by atoms with van der Waals surface area (Å²) in [7, 11) is 1.19. The Morgan fingerprint density at radius 3 is 2.58 bits per heavy atom. The van der Waals surface area contributed by atoms with Crippen LogP contribution in [0.3, 0.4) is 0 Å². The third-order valence-electron chi connectivity index (χ3n) is 2.39. The molecule has 1 N–H and O–H groups in total. The Morgan fingerprint density at radius 1 is 1.47 bits per heavy atom. The van der Waals surface area contributed by atoms with Crippen LogP contribution in [0.5, 0.6) is 0 Å². The summed E-state index contributed by atoms with van der Waals surface area (Å²) in [5.74, 6) is -0.580. The number of carbonyl (C=O) groups excluding carboxylic acids is 1. The number of esters is 1. The first-order chi connectivity index (χ1) is 8.79. The van der Waals surface area contributed by atoms with E-state index in [-0.39, 0.29) is 11.3 Å². The van der Waals surface area contributed by atoms with E-state index in [4.69, 9.17) is 5.26 Å². The van der Waals surface area contributed by atoms with Gasteiger partial charge in [-0.2, -0.15) is 18.4 Å². The van der Waals surface area contributed by atoms with Crippen molar-refractivity contribution < 1.29 is 22.7 Å². The summed E-state index contributed by atoms with van der Waals surface area (Å²) in [5.41, 5.74) is -0.959. The van der Waals surface area contributed by atoms with Gasteiger partial charge in [0.25, 0.3) is 0 Å². The minimum absolute atomic E-state index is 0.147. The normalized spacial score (nSPS) is 12.4. The summed E-state index contributed by atoms with van der Waals surface area (Å²) in [5, 5.41) is 11.5. The van der Waals surface area contributed by atoms with Gasteiger partial charge in [-0.3, -0.25) is 0 Å². The number of hydrogen-bond donors (Lipinski definition) is 1. The number of rotatable bonds is 3. The Balaban J connectivity index is 3.05. The van der Waals surface area contributed by atoms with Crippen molar-refractivity contribution in [2.45, 2.75) is 19.1 Å². The van der Waals surface area contributed by atoms with E-state index >= 15 is 0 Å². The largest absolute Gasteiger partial charge is 0.467 e. The van der Waals surface area contributed by atoms with Crippen molar-refractivity contribution in [3.05, 3.63) is 29.3 Å². The molecule has 0 amide bonds. The summed E-state index contributed by atoms with van der Waals surface area (Å²) in [4.78, 5) is 11.2. The van der Waals surface area contributed by atoms with Crippen LogP contribution in [0, 0.1) is 11.3 Å². The highest BCUT2D eigenvalue weighted by atomic mass is 19.4. The van der Waals surface area contributed by atoms with Crippen LogP contribution in [0.25, 0.3) is 0 Å². The molecule has 102 valence electrons. The van der Waals surface area contributed by atoms with Crippen molar-refractivity contribution in [1.29, 1.82) is 5.26 Å². The Kier molecular flexibility index (Phi) is 4.38. The first kappa shape index (κ1) is 14.8. The van der Waals surface area contributed by atoms with Crippen molar-refractivity contribution in [3.63, 3.8) is 0 Å². The smallest absolute Gasteiger partial charge is 0.416 e. The molecule has 0 saturated heterocycles. The molecule has 0 spiro atoms. The molecular formula is C12H11F3N2O2. The fourth-order valence-corrected chi connectivity index (χ4v) is 1.41. The maximum Gasteiger partial charge on any atom is 0.416 e. The first-order valence-corrected chi connectivity index (χ1v) is 5.25. The Morgan fingerprint density at radius 2 is 2.11 bits per heavy atom. The predicted molar refractivity (Wildman–Crippen MR) is 61.3 cm³/mol. The number of nitrogens with one attached hydrogen (secondary N) is 1. The molecule has 1 aromatic rings. The van der Waals surface area contributed by atoms with E-state index in [1.807, 2.05) is 0 Å². The lowest BCUT2D eigenvalue weighted by Crippen LogP contribution is -2.27. The second-order valence-electron chi connectivity index (χ2n) is 3.76. The molecule has 0 aliphatic heterocycles. The van der Waals surface area contributed by atoms with Gasteiger partial charge in [-0.25, -0.2) is 4.79 Å². The fourth-order valence-electron chi connectivity index (χ4n) is 1.41. The first-order valence-electron chi connectivity index (χ1n) is 5.25. The summed E-state index contributed by atoms with van der Waals surface area (Å²) in [6.07, 6.45) is -4.52. The van der Waals surface area contributed by atoms with E-state index in [0.29, 0.717) is 0 Å². The maximum atomic E-state index is 12.5. The van der Waals surface area contributed by atoms with E-state index in [9.17, 15) is 18.0 Å². The topological polar surface area (TPSA) is 62.1 Å². The summed E-state index contributed by atoms with van der Waals surface area (Å²) >= 11 is 0. The van der Waals surface area contributed by atoms with Crippen molar-refractivity contribution in [2.75, 3.05) is 12.4 Å². The third kappa shape index (κ3) is 3.61. The van der Waals surface area contributed by atoms with Gasteiger partial charge in [-0.15, -0.1) is 0 Å². The number of nitrogens with zero attached hydrogens (tertiary/aromatic N) is 1. The molecule has 19 heavy (non-hydrogen) atoms. The van der Waals surface area contributed by atoms with Crippen LogP contribution in [-0.2, 0) is 15.7 Å². The van der Waals surface area contributed by atoms with Gasteiger partial charge in [0.15, 0.2) is 0 Å². The number of ether oxygens (including phenoxy) is 1. The number of hydrogen-bond acceptors (Lipinski definition) is 4. The molecule has 0 heterocycles. The highest BCUT2D eigenvalue weighted by Crippen LogP contribution is 2.31. The number of carbonyl (C=O) groups is 1. The quantitative estimate of drug-likeness (QED) is 0.859. The molecular weight excluding hydrogens is 261 g/mol. The van der Waals surface area contributed by atoms with Gasteiger partial charge >= 0.3 is 12.1 Å². The minimum Gasteiger partial charge on any atom is -0.467 e. The van der Waals surface area contributed by atoms with Gasteiger partial charge in [0.05, 0.1) is 23.9 Å². The van der Waals surface area contributed by atoms with Crippen LogP contribution < -0.4 is 5.32 Å². The zero-order chi connectivity index (χ0) is 14.6. The predicted octanol–water partition coefficient (Wildman–Crippen LogP) is 2.55. The van der Waals surface area contributed by atoms with Gasteiger partial charge in [-0.1, -0.05) is 0 Å². The van der Waals surface area contributed by atoms with Crippen LogP contribution in [0.15, 0.2) is 18.2 Å². The Bertz CT molecular complexity index is 521. The molecule has 4 nitrogen and oxygen atoms in total. The number of anilines is 1. The standard InChI is InChI=1S/C12H11F3N2O2/c1-7(11(18)19-2)17-10-4-3-9(12(13,14)15)5-8(10)6-16/h3-5,7,17H,1-2H3. The van der Waals surface area contributed by atoms with Gasteiger partial charge < -0.3 is 10.1 Å². The van der Waals surface area contributed by atoms with E-state index < -0.39 is 23.8 Å². The number of nitriles is 1. The molecule has 1 aromatic carbocycles. The van der Waals surface area contributed by atoms with Crippen LogP contribution in [0.4, 0.5) is 18.9 Å². The molecule has 0 aliphatic rings. The van der Waals surface area contributed by atoms with Crippen molar-refractivity contribution in [2.24, 2.45) is 0 Å². The van der Waals surface area contributed by atoms with E-state index in [2.05, 4.69) is 10.1 Å².